The van der Waals surface area contributed by atoms with Crippen LogP contribution in [0.2, 0.25) is 0 Å². The maximum absolute atomic E-state index is 5.65. The van der Waals surface area contributed by atoms with E-state index in [9.17, 15) is 0 Å². The van der Waals surface area contributed by atoms with Gasteiger partial charge in [0, 0.05) is 11.6 Å². The molecule has 2 N–H and O–H groups in total. The monoisotopic (exact) mass is 324 g/mol. The zero-order valence-electron chi connectivity index (χ0n) is 10.4. The maximum Gasteiger partial charge on any atom is 0.175 e. The average molecular weight is 325 g/mol. The third-order valence-electron chi connectivity index (χ3n) is 3.02. The summed E-state index contributed by atoms with van der Waals surface area (Å²) < 4.78 is 17.4. The zero-order chi connectivity index (χ0) is 13.4. The van der Waals surface area contributed by atoms with Gasteiger partial charge in [-0.2, -0.15) is 0 Å². The molecule has 0 unspecified atom stereocenters. The highest BCUT2D eigenvalue weighted by Crippen LogP contribution is 2.45. The lowest BCUT2D eigenvalue weighted by Gasteiger charge is -2.22. The molecule has 5 nitrogen and oxygen atoms in total. The summed E-state index contributed by atoms with van der Waals surface area (Å²) in [5, 5.41) is 3.73. The molecule has 1 aliphatic heterocycles. The number of rotatable bonds is 2. The molecule has 0 saturated carbocycles. The molecule has 0 fully saturated rings. The van der Waals surface area contributed by atoms with Crippen molar-refractivity contribution in [2.75, 3.05) is 18.9 Å². The molecule has 0 saturated heterocycles. The first kappa shape index (κ1) is 12.3. The van der Waals surface area contributed by atoms with Gasteiger partial charge >= 0.3 is 0 Å². The number of hydrogen-bond donors (Lipinski definition) is 1. The molecule has 100 valence electrons. The highest BCUT2D eigenvalue weighted by Gasteiger charge is 2.23. The van der Waals surface area contributed by atoms with E-state index in [1.807, 2.05) is 6.07 Å². The van der Waals surface area contributed by atoms with Crippen LogP contribution in [0.15, 0.2) is 21.1 Å². The number of nitrogen functional groups attached to an aromatic ring is 1. The van der Waals surface area contributed by atoms with Crippen LogP contribution in [0.4, 0.5) is 5.82 Å². The number of anilines is 1. The Balaban J connectivity index is 2.21. The molecule has 19 heavy (non-hydrogen) atoms. The topological polar surface area (TPSA) is 70.5 Å². The summed E-state index contributed by atoms with van der Waals surface area (Å²) in [7, 11) is 0. The van der Waals surface area contributed by atoms with Crippen LogP contribution in [-0.2, 0) is 6.42 Å². The van der Waals surface area contributed by atoms with E-state index >= 15 is 0 Å². The van der Waals surface area contributed by atoms with Gasteiger partial charge in [-0.3, -0.25) is 0 Å². The first-order chi connectivity index (χ1) is 9.20. The van der Waals surface area contributed by atoms with Crippen LogP contribution in [0.3, 0.4) is 0 Å². The lowest BCUT2D eigenvalue weighted by Crippen LogP contribution is -2.16. The summed E-state index contributed by atoms with van der Waals surface area (Å²) in [6, 6.07) is 3.62. The van der Waals surface area contributed by atoms with Crippen molar-refractivity contribution in [2.24, 2.45) is 0 Å². The van der Waals surface area contributed by atoms with Gasteiger partial charge in [-0.15, -0.1) is 0 Å². The Labute approximate surface area is 118 Å². The second kappa shape index (κ2) is 4.77. The Morgan fingerprint density at radius 2 is 2.11 bits per heavy atom. The minimum absolute atomic E-state index is 0.364. The first-order valence-corrected chi connectivity index (χ1v) is 6.83. The number of fused-ring (bicyclic) bond motifs is 1. The fourth-order valence-electron chi connectivity index (χ4n) is 2.17. The molecule has 0 amide bonds. The summed E-state index contributed by atoms with van der Waals surface area (Å²) >= 11 is 3.58. The minimum atomic E-state index is 0.364. The number of nitrogens with two attached hydrogens (primary N) is 1. The summed E-state index contributed by atoms with van der Waals surface area (Å²) in [5.41, 5.74) is 7.61. The van der Waals surface area contributed by atoms with Crippen LogP contribution in [0, 0.1) is 0 Å². The lowest BCUT2D eigenvalue weighted by molar-refractivity contribution is 0.170. The van der Waals surface area contributed by atoms with Crippen LogP contribution in [0.5, 0.6) is 11.5 Å². The average Bonchev–Trinajstić information content (AvgIpc) is 2.85. The van der Waals surface area contributed by atoms with Gasteiger partial charge in [0.2, 0.25) is 0 Å². The van der Waals surface area contributed by atoms with Crippen molar-refractivity contribution >= 4 is 21.7 Å². The lowest BCUT2D eigenvalue weighted by atomic mass is 10.0. The normalized spacial score (nSPS) is 13.6. The molecule has 1 aromatic carbocycles. The fraction of sp³-hybridized carbons (Fsp3) is 0.308. The molecule has 0 atom stereocenters. The van der Waals surface area contributed by atoms with Gasteiger partial charge in [-0.05, 0) is 34.0 Å². The largest absolute Gasteiger partial charge is 0.486 e. The third kappa shape index (κ3) is 2.06. The smallest absolute Gasteiger partial charge is 0.175 e. The van der Waals surface area contributed by atoms with Crippen molar-refractivity contribution in [2.45, 2.75) is 13.3 Å². The summed E-state index contributed by atoms with van der Waals surface area (Å²) in [5.74, 6) is 2.45. The molecule has 3 rings (SSSR count). The molecule has 6 heteroatoms. The number of halogens is 1. The number of hydrogen-bond acceptors (Lipinski definition) is 5. The second-order valence-corrected chi connectivity index (χ2v) is 5.00. The van der Waals surface area contributed by atoms with Gasteiger partial charge in [0.1, 0.15) is 13.2 Å². The van der Waals surface area contributed by atoms with E-state index in [1.165, 1.54) is 0 Å². The van der Waals surface area contributed by atoms with Gasteiger partial charge in [0.25, 0.3) is 0 Å². The molecule has 0 bridgehead atoms. The van der Waals surface area contributed by atoms with Crippen molar-refractivity contribution in [1.29, 1.82) is 0 Å². The highest BCUT2D eigenvalue weighted by molar-refractivity contribution is 9.10. The molecule has 1 aliphatic rings. The van der Waals surface area contributed by atoms with Crippen LogP contribution >= 0.6 is 15.9 Å². The standard InChI is InChI=1S/C13H13BrN2O3/c1-2-7-8(9-6-11(15)16-19-9)5-10-13(12(7)14)18-4-3-17-10/h5-6H,2-4H2,1H3,(H2,15,16). The van der Waals surface area contributed by atoms with E-state index < -0.39 is 0 Å². The van der Waals surface area contributed by atoms with Gasteiger partial charge in [0.05, 0.1) is 4.47 Å². The van der Waals surface area contributed by atoms with Crippen LogP contribution in [0.25, 0.3) is 11.3 Å². The van der Waals surface area contributed by atoms with Crippen LogP contribution in [0.1, 0.15) is 12.5 Å². The van der Waals surface area contributed by atoms with Crippen LogP contribution in [-0.4, -0.2) is 18.4 Å². The Morgan fingerprint density at radius 1 is 1.32 bits per heavy atom. The van der Waals surface area contributed by atoms with E-state index in [4.69, 9.17) is 19.7 Å². The number of nitrogens with zero attached hydrogens (tertiary/aromatic N) is 1. The molecular formula is C13H13BrN2O3. The van der Waals surface area contributed by atoms with Crippen molar-refractivity contribution < 1.29 is 14.0 Å². The van der Waals surface area contributed by atoms with E-state index in [0.717, 1.165) is 27.8 Å². The Morgan fingerprint density at radius 3 is 2.79 bits per heavy atom. The number of aromatic nitrogens is 1. The van der Waals surface area contributed by atoms with Gasteiger partial charge in [-0.1, -0.05) is 12.1 Å². The quantitative estimate of drug-likeness (QED) is 0.919. The predicted octanol–water partition coefficient (Wildman–Crippen LogP) is 3.02. The number of ether oxygens (including phenoxy) is 2. The Hall–Kier alpha value is -1.69. The number of benzene rings is 1. The second-order valence-electron chi connectivity index (χ2n) is 4.21. The van der Waals surface area contributed by atoms with Crippen molar-refractivity contribution in [1.82, 2.24) is 5.16 Å². The third-order valence-corrected chi connectivity index (χ3v) is 3.86. The van der Waals surface area contributed by atoms with Gasteiger partial charge in [0.15, 0.2) is 23.1 Å². The van der Waals surface area contributed by atoms with Crippen molar-refractivity contribution in [3.8, 4) is 22.8 Å². The van der Waals surface area contributed by atoms with Gasteiger partial charge < -0.3 is 19.7 Å². The Kier molecular flexibility index (Phi) is 3.10. The molecule has 0 radical (unpaired) electrons. The molecule has 2 aromatic rings. The molecule has 0 spiro atoms. The van der Waals surface area contributed by atoms with Crippen molar-refractivity contribution in [3.05, 3.63) is 22.2 Å². The SMILES string of the molecule is CCc1c(-c2cc(N)no2)cc2c(c1Br)OCCO2. The first-order valence-electron chi connectivity index (χ1n) is 6.04. The van der Waals surface area contributed by atoms with Crippen LogP contribution < -0.4 is 15.2 Å². The summed E-state index contributed by atoms with van der Waals surface area (Å²) in [6.45, 7) is 3.17. The van der Waals surface area contributed by atoms with Crippen molar-refractivity contribution in [3.63, 3.8) is 0 Å². The fourth-order valence-corrected chi connectivity index (χ4v) is 2.97. The zero-order valence-corrected chi connectivity index (χ0v) is 12.0. The van der Waals surface area contributed by atoms with E-state index in [-0.39, 0.29) is 0 Å². The summed E-state index contributed by atoms with van der Waals surface area (Å²) in [4.78, 5) is 0. The molecule has 1 aromatic heterocycles. The van der Waals surface area contributed by atoms with E-state index in [0.29, 0.717) is 30.5 Å². The highest BCUT2D eigenvalue weighted by atomic mass is 79.9. The molecule has 2 heterocycles. The molecule has 0 aliphatic carbocycles. The Bertz CT molecular complexity index is 625. The minimum Gasteiger partial charge on any atom is -0.486 e. The predicted molar refractivity (Wildman–Crippen MR) is 74.4 cm³/mol. The summed E-state index contributed by atoms with van der Waals surface area (Å²) in [6.07, 6.45) is 0.827. The van der Waals surface area contributed by atoms with Gasteiger partial charge in [-0.25, -0.2) is 0 Å². The maximum atomic E-state index is 5.65. The molecular weight excluding hydrogens is 312 g/mol. The van der Waals surface area contributed by atoms with E-state index in [2.05, 4.69) is 28.0 Å². The van der Waals surface area contributed by atoms with E-state index in [1.54, 1.807) is 6.07 Å².